The first-order valence-corrected chi connectivity index (χ1v) is 8.88. The van der Waals surface area contributed by atoms with Gasteiger partial charge in [0.05, 0.1) is 6.54 Å². The predicted molar refractivity (Wildman–Crippen MR) is 118 cm³/mol. The zero-order valence-corrected chi connectivity index (χ0v) is 18.1. The van der Waals surface area contributed by atoms with Gasteiger partial charge in [-0.3, -0.25) is 0 Å². The molecule has 6 heteroatoms. The maximum atomic E-state index is 5.90. The monoisotopic (exact) mass is 468 g/mol. The van der Waals surface area contributed by atoms with E-state index in [2.05, 4.69) is 41.4 Å². The Morgan fingerprint density at radius 1 is 1.15 bits per heavy atom. The molecule has 1 heterocycles. The van der Waals surface area contributed by atoms with Crippen LogP contribution >= 0.6 is 24.0 Å². The summed E-state index contributed by atoms with van der Waals surface area (Å²) in [5.74, 6) is 1.45. The molecular formula is C20H29IN4O. The van der Waals surface area contributed by atoms with Crippen LogP contribution in [0.3, 0.4) is 0 Å². The van der Waals surface area contributed by atoms with Crippen LogP contribution in [-0.2, 0) is 13.2 Å². The lowest BCUT2D eigenvalue weighted by Crippen LogP contribution is -2.41. The Bertz CT molecular complexity index is 664. The molecule has 26 heavy (non-hydrogen) atoms. The molecule has 1 unspecified atom stereocenters. The van der Waals surface area contributed by atoms with Crippen molar-refractivity contribution < 1.29 is 4.74 Å². The molecule has 2 N–H and O–H groups in total. The van der Waals surface area contributed by atoms with Crippen molar-refractivity contribution in [3.05, 3.63) is 59.8 Å². The summed E-state index contributed by atoms with van der Waals surface area (Å²) in [7, 11) is 0. The van der Waals surface area contributed by atoms with Crippen LogP contribution in [0.1, 0.15) is 38.3 Å². The van der Waals surface area contributed by atoms with Gasteiger partial charge in [0.1, 0.15) is 6.61 Å². The van der Waals surface area contributed by atoms with Crippen molar-refractivity contribution in [1.82, 2.24) is 15.6 Å². The first-order valence-electron chi connectivity index (χ1n) is 8.88. The van der Waals surface area contributed by atoms with E-state index in [4.69, 9.17) is 4.74 Å². The van der Waals surface area contributed by atoms with Gasteiger partial charge < -0.3 is 15.4 Å². The highest BCUT2D eigenvalue weighted by atomic mass is 127. The molecule has 0 radical (unpaired) electrons. The van der Waals surface area contributed by atoms with Crippen molar-refractivity contribution >= 4 is 29.9 Å². The van der Waals surface area contributed by atoms with E-state index in [1.807, 2.05) is 42.5 Å². The van der Waals surface area contributed by atoms with Gasteiger partial charge in [-0.1, -0.05) is 43.3 Å². The second-order valence-corrected chi connectivity index (χ2v) is 5.89. The highest BCUT2D eigenvalue weighted by Crippen LogP contribution is 2.17. The lowest BCUT2D eigenvalue weighted by atomic mass is 10.2. The number of ether oxygens (including phenoxy) is 1. The van der Waals surface area contributed by atoms with E-state index in [9.17, 15) is 0 Å². The largest absolute Gasteiger partial charge is 0.473 e. The van der Waals surface area contributed by atoms with Crippen molar-refractivity contribution in [2.75, 3.05) is 6.54 Å². The van der Waals surface area contributed by atoms with E-state index >= 15 is 0 Å². The van der Waals surface area contributed by atoms with Crippen LogP contribution in [0.15, 0.2) is 53.7 Å². The number of nitrogens with one attached hydrogen (secondary N) is 2. The molecule has 2 aromatic rings. The molecule has 0 saturated carbocycles. The molecule has 1 aromatic carbocycles. The third kappa shape index (κ3) is 7.59. The van der Waals surface area contributed by atoms with E-state index in [1.54, 1.807) is 6.20 Å². The highest BCUT2D eigenvalue weighted by molar-refractivity contribution is 14.0. The van der Waals surface area contributed by atoms with Crippen LogP contribution in [0.2, 0.25) is 0 Å². The molecule has 2 rings (SSSR count). The Morgan fingerprint density at radius 2 is 1.92 bits per heavy atom. The van der Waals surface area contributed by atoms with Gasteiger partial charge in [0.2, 0.25) is 5.88 Å². The number of rotatable bonds is 8. The summed E-state index contributed by atoms with van der Waals surface area (Å²) in [6.45, 7) is 8.20. The topological polar surface area (TPSA) is 58.5 Å². The summed E-state index contributed by atoms with van der Waals surface area (Å²) >= 11 is 0. The predicted octanol–water partition coefficient (Wildman–Crippen LogP) is 4.13. The maximum absolute atomic E-state index is 5.90. The summed E-state index contributed by atoms with van der Waals surface area (Å²) in [6, 6.07) is 14.4. The van der Waals surface area contributed by atoms with Gasteiger partial charge in [-0.25, -0.2) is 9.98 Å². The number of halogens is 1. The van der Waals surface area contributed by atoms with E-state index < -0.39 is 0 Å². The minimum absolute atomic E-state index is 0. The number of pyridine rings is 1. The molecular weight excluding hydrogens is 439 g/mol. The SMILES string of the molecule is CCNC(=NCc1cccnc1OCc1ccccc1)NC(C)CC.I. The second-order valence-electron chi connectivity index (χ2n) is 5.89. The molecule has 0 aliphatic carbocycles. The molecule has 142 valence electrons. The molecule has 0 aliphatic heterocycles. The van der Waals surface area contributed by atoms with Crippen LogP contribution in [0.4, 0.5) is 0 Å². The fourth-order valence-electron chi connectivity index (χ4n) is 2.22. The number of hydrogen-bond donors (Lipinski definition) is 2. The van der Waals surface area contributed by atoms with E-state index in [0.717, 1.165) is 30.1 Å². The summed E-state index contributed by atoms with van der Waals surface area (Å²) in [4.78, 5) is 9.02. The van der Waals surface area contributed by atoms with Gasteiger partial charge in [-0.05, 0) is 31.9 Å². The smallest absolute Gasteiger partial charge is 0.218 e. The summed E-state index contributed by atoms with van der Waals surface area (Å²) in [5.41, 5.74) is 2.09. The molecule has 0 bridgehead atoms. The number of nitrogens with zero attached hydrogens (tertiary/aromatic N) is 2. The van der Waals surface area contributed by atoms with E-state index in [0.29, 0.717) is 25.1 Å². The average molecular weight is 468 g/mol. The van der Waals surface area contributed by atoms with Crippen molar-refractivity contribution in [2.45, 2.75) is 46.4 Å². The van der Waals surface area contributed by atoms with Gasteiger partial charge in [-0.15, -0.1) is 24.0 Å². The molecule has 0 aliphatic rings. The van der Waals surface area contributed by atoms with Gasteiger partial charge in [0, 0.05) is 24.3 Å². The Morgan fingerprint density at radius 3 is 2.62 bits per heavy atom. The summed E-state index contributed by atoms with van der Waals surface area (Å²) < 4.78 is 5.90. The molecule has 0 spiro atoms. The number of aliphatic imine (C=N–C) groups is 1. The quantitative estimate of drug-likeness (QED) is 0.348. The van der Waals surface area contributed by atoms with Crippen molar-refractivity contribution in [2.24, 2.45) is 4.99 Å². The molecule has 0 amide bonds. The Balaban J connectivity index is 0.00000338. The van der Waals surface area contributed by atoms with Crippen LogP contribution in [-0.4, -0.2) is 23.5 Å². The Kier molecular flexibility index (Phi) is 10.7. The number of aromatic nitrogens is 1. The highest BCUT2D eigenvalue weighted by Gasteiger charge is 2.07. The molecule has 1 atom stereocenters. The van der Waals surface area contributed by atoms with Crippen LogP contribution in [0.5, 0.6) is 5.88 Å². The fourth-order valence-corrected chi connectivity index (χ4v) is 2.22. The first-order chi connectivity index (χ1) is 12.2. The lowest BCUT2D eigenvalue weighted by molar-refractivity contribution is 0.290. The number of benzene rings is 1. The third-order valence-corrected chi connectivity index (χ3v) is 3.82. The van der Waals surface area contributed by atoms with Gasteiger partial charge in [0.15, 0.2) is 5.96 Å². The Hall–Kier alpha value is -1.83. The normalized spacial score (nSPS) is 12.0. The lowest BCUT2D eigenvalue weighted by Gasteiger charge is -2.16. The molecule has 0 saturated heterocycles. The van der Waals surface area contributed by atoms with E-state index in [1.165, 1.54) is 0 Å². The van der Waals surface area contributed by atoms with Crippen molar-refractivity contribution in [3.63, 3.8) is 0 Å². The number of guanidine groups is 1. The zero-order chi connectivity index (χ0) is 17.9. The number of hydrogen-bond acceptors (Lipinski definition) is 3. The summed E-state index contributed by atoms with van der Waals surface area (Å²) in [5, 5.41) is 6.67. The zero-order valence-electron chi connectivity index (χ0n) is 15.7. The van der Waals surface area contributed by atoms with Gasteiger partial charge in [0.25, 0.3) is 0 Å². The average Bonchev–Trinajstić information content (AvgIpc) is 2.66. The van der Waals surface area contributed by atoms with Crippen molar-refractivity contribution in [1.29, 1.82) is 0 Å². The maximum Gasteiger partial charge on any atom is 0.218 e. The van der Waals surface area contributed by atoms with Gasteiger partial charge in [-0.2, -0.15) is 0 Å². The standard InChI is InChI=1S/C20H28N4O.HI/c1-4-16(3)24-20(21-5-2)23-14-18-12-9-13-22-19(18)25-15-17-10-7-6-8-11-17;/h6-13,16H,4-5,14-15H2,1-3H3,(H2,21,23,24);1H. The minimum atomic E-state index is 0. The van der Waals surface area contributed by atoms with E-state index in [-0.39, 0.29) is 24.0 Å². The fraction of sp³-hybridized carbons (Fsp3) is 0.400. The molecule has 1 aromatic heterocycles. The van der Waals surface area contributed by atoms with Gasteiger partial charge >= 0.3 is 0 Å². The van der Waals surface area contributed by atoms with Crippen molar-refractivity contribution in [3.8, 4) is 5.88 Å². The van der Waals surface area contributed by atoms with Crippen LogP contribution < -0.4 is 15.4 Å². The Labute approximate surface area is 173 Å². The van der Waals surface area contributed by atoms with Crippen LogP contribution in [0, 0.1) is 0 Å². The third-order valence-electron chi connectivity index (χ3n) is 3.82. The molecule has 5 nitrogen and oxygen atoms in total. The first kappa shape index (κ1) is 22.2. The van der Waals surface area contributed by atoms with Crippen LogP contribution in [0.25, 0.3) is 0 Å². The second kappa shape index (κ2) is 12.5. The molecule has 0 fully saturated rings. The summed E-state index contributed by atoms with van der Waals surface area (Å²) in [6.07, 6.45) is 2.79. The minimum Gasteiger partial charge on any atom is -0.473 e.